The first-order valence-corrected chi connectivity index (χ1v) is 10.2. The number of aromatic nitrogens is 4. The third-order valence-electron chi connectivity index (χ3n) is 5.57. The van der Waals surface area contributed by atoms with E-state index in [0.29, 0.717) is 6.54 Å². The van der Waals surface area contributed by atoms with Crippen LogP contribution in [0, 0.1) is 0 Å². The lowest BCUT2D eigenvalue weighted by molar-refractivity contribution is 0.174. The highest BCUT2D eigenvalue weighted by Crippen LogP contribution is 2.37. The Labute approximate surface area is 180 Å². The van der Waals surface area contributed by atoms with Gasteiger partial charge in [0.15, 0.2) is 11.5 Å². The summed E-state index contributed by atoms with van der Waals surface area (Å²) in [5, 5.41) is 4.93. The van der Waals surface area contributed by atoms with Crippen LogP contribution in [-0.4, -0.2) is 38.5 Å². The predicted molar refractivity (Wildman–Crippen MR) is 117 cm³/mol. The van der Waals surface area contributed by atoms with Crippen LogP contribution in [0.25, 0.3) is 16.9 Å². The van der Waals surface area contributed by atoms with Crippen molar-refractivity contribution < 1.29 is 9.47 Å². The molecule has 1 atom stereocenters. The summed E-state index contributed by atoms with van der Waals surface area (Å²) >= 11 is 0. The lowest BCUT2D eigenvalue weighted by Gasteiger charge is -2.24. The van der Waals surface area contributed by atoms with E-state index in [1.807, 2.05) is 59.3 Å². The molecule has 3 heterocycles. The predicted octanol–water partition coefficient (Wildman–Crippen LogP) is 4.25. The summed E-state index contributed by atoms with van der Waals surface area (Å²) in [6.45, 7) is 3.11. The van der Waals surface area contributed by atoms with E-state index >= 15 is 0 Å². The molecule has 0 fully saturated rings. The van der Waals surface area contributed by atoms with Crippen molar-refractivity contribution in [1.29, 1.82) is 0 Å². The number of fused-ring (bicyclic) bond motifs is 1. The van der Waals surface area contributed by atoms with Crippen LogP contribution in [0.3, 0.4) is 0 Å². The number of ether oxygens (including phenoxy) is 2. The Hall–Kier alpha value is -3.71. The first kappa shape index (κ1) is 19.3. The van der Waals surface area contributed by atoms with Crippen molar-refractivity contribution in [3.05, 3.63) is 84.6 Å². The Morgan fingerprint density at radius 1 is 1.06 bits per heavy atom. The topological polar surface area (TPSA) is 65.3 Å². The van der Waals surface area contributed by atoms with Gasteiger partial charge in [0.1, 0.15) is 6.33 Å². The minimum absolute atomic E-state index is 0.132. The molecule has 0 saturated heterocycles. The Bertz CT molecular complexity index is 1180. The zero-order valence-electron chi connectivity index (χ0n) is 17.5. The molecular formula is C24H23N5O2. The van der Waals surface area contributed by atoms with Gasteiger partial charge in [-0.3, -0.25) is 4.90 Å². The van der Waals surface area contributed by atoms with Gasteiger partial charge in [-0.2, -0.15) is 5.10 Å². The smallest absolute Gasteiger partial charge is 0.231 e. The molecule has 0 bridgehead atoms. The molecule has 4 aromatic rings. The highest BCUT2D eigenvalue weighted by molar-refractivity contribution is 5.67. The number of hydrogen-bond donors (Lipinski definition) is 0. The minimum Gasteiger partial charge on any atom is -0.454 e. The van der Waals surface area contributed by atoms with E-state index in [4.69, 9.17) is 14.6 Å². The Kier molecular flexibility index (Phi) is 5.09. The average Bonchev–Trinajstić information content (AvgIpc) is 3.46. The summed E-state index contributed by atoms with van der Waals surface area (Å²) in [5.41, 5.74) is 5.03. The first-order valence-electron chi connectivity index (χ1n) is 10.2. The fourth-order valence-electron chi connectivity index (χ4n) is 3.70. The summed E-state index contributed by atoms with van der Waals surface area (Å²) in [4.78, 5) is 10.7. The van der Waals surface area contributed by atoms with Crippen LogP contribution in [0.5, 0.6) is 11.5 Å². The molecule has 0 amide bonds. The molecule has 31 heavy (non-hydrogen) atoms. The van der Waals surface area contributed by atoms with Crippen molar-refractivity contribution in [3.63, 3.8) is 0 Å². The van der Waals surface area contributed by atoms with E-state index in [1.54, 1.807) is 12.5 Å². The summed E-state index contributed by atoms with van der Waals surface area (Å²) < 4.78 is 13.0. The maximum absolute atomic E-state index is 5.59. The SMILES string of the molecule is C[C@H](c1ccncn1)N(C)Cc1cn(-c2ccccc2)nc1-c1ccc2c(c1)OCO2. The second-order valence-electron chi connectivity index (χ2n) is 7.58. The van der Waals surface area contributed by atoms with Crippen molar-refractivity contribution in [3.8, 4) is 28.4 Å². The molecule has 156 valence electrons. The van der Waals surface area contributed by atoms with Gasteiger partial charge in [0.2, 0.25) is 6.79 Å². The first-order chi connectivity index (χ1) is 15.2. The van der Waals surface area contributed by atoms with Crippen LogP contribution in [-0.2, 0) is 6.54 Å². The van der Waals surface area contributed by atoms with Gasteiger partial charge in [-0.1, -0.05) is 18.2 Å². The Balaban J connectivity index is 1.51. The van der Waals surface area contributed by atoms with Gasteiger partial charge in [0, 0.05) is 36.1 Å². The number of para-hydroxylation sites is 1. The van der Waals surface area contributed by atoms with Crippen LogP contribution < -0.4 is 9.47 Å². The fraction of sp³-hybridized carbons (Fsp3) is 0.208. The van der Waals surface area contributed by atoms with Gasteiger partial charge in [0.25, 0.3) is 0 Å². The van der Waals surface area contributed by atoms with Crippen LogP contribution >= 0.6 is 0 Å². The molecule has 0 unspecified atom stereocenters. The summed E-state index contributed by atoms with van der Waals surface area (Å²) in [5.74, 6) is 1.52. The standard InChI is InChI=1S/C24H23N5O2/c1-17(21-10-11-25-15-26-21)28(2)13-19-14-29(20-6-4-3-5-7-20)27-24(19)18-8-9-22-23(12-18)31-16-30-22/h3-12,14-15,17H,13,16H2,1-2H3/t17-/m1/s1. The quantitative estimate of drug-likeness (QED) is 0.471. The number of hydrogen-bond acceptors (Lipinski definition) is 6. The molecule has 1 aliphatic heterocycles. The van der Waals surface area contributed by atoms with Crippen molar-refractivity contribution in [2.24, 2.45) is 0 Å². The largest absolute Gasteiger partial charge is 0.454 e. The lowest BCUT2D eigenvalue weighted by atomic mass is 10.1. The third-order valence-corrected chi connectivity index (χ3v) is 5.57. The minimum atomic E-state index is 0.132. The maximum atomic E-state index is 5.59. The molecule has 5 rings (SSSR count). The van der Waals surface area contributed by atoms with Gasteiger partial charge in [0.05, 0.1) is 17.1 Å². The van der Waals surface area contributed by atoms with Crippen molar-refractivity contribution in [1.82, 2.24) is 24.6 Å². The fourth-order valence-corrected chi connectivity index (χ4v) is 3.70. The zero-order valence-corrected chi connectivity index (χ0v) is 17.5. The molecule has 7 heteroatoms. The van der Waals surface area contributed by atoms with Gasteiger partial charge in [-0.15, -0.1) is 0 Å². The zero-order chi connectivity index (χ0) is 21.2. The van der Waals surface area contributed by atoms with Crippen molar-refractivity contribution >= 4 is 0 Å². The summed E-state index contributed by atoms with van der Waals surface area (Å²) in [7, 11) is 2.09. The highest BCUT2D eigenvalue weighted by atomic mass is 16.7. The molecule has 1 aliphatic rings. The third kappa shape index (κ3) is 3.87. The molecule has 0 spiro atoms. The van der Waals surface area contributed by atoms with E-state index in [2.05, 4.69) is 35.0 Å². The molecule has 0 aliphatic carbocycles. The van der Waals surface area contributed by atoms with Gasteiger partial charge >= 0.3 is 0 Å². The van der Waals surface area contributed by atoms with E-state index in [-0.39, 0.29) is 12.8 Å². The van der Waals surface area contributed by atoms with Gasteiger partial charge in [-0.25, -0.2) is 14.6 Å². The maximum Gasteiger partial charge on any atom is 0.231 e. The van der Waals surface area contributed by atoms with E-state index in [0.717, 1.165) is 39.7 Å². The number of nitrogens with zero attached hydrogens (tertiary/aromatic N) is 5. The second kappa shape index (κ2) is 8.20. The Morgan fingerprint density at radius 3 is 2.71 bits per heavy atom. The second-order valence-corrected chi connectivity index (χ2v) is 7.58. The van der Waals surface area contributed by atoms with Gasteiger partial charge < -0.3 is 9.47 Å². The summed E-state index contributed by atoms with van der Waals surface area (Å²) in [6.07, 6.45) is 5.46. The molecule has 0 radical (unpaired) electrons. The van der Waals surface area contributed by atoms with Crippen molar-refractivity contribution in [2.45, 2.75) is 19.5 Å². The Morgan fingerprint density at radius 2 is 1.90 bits per heavy atom. The van der Waals surface area contributed by atoms with E-state index < -0.39 is 0 Å². The number of rotatable bonds is 6. The average molecular weight is 413 g/mol. The normalized spacial score (nSPS) is 13.5. The van der Waals surface area contributed by atoms with E-state index in [9.17, 15) is 0 Å². The van der Waals surface area contributed by atoms with Crippen LogP contribution in [0.1, 0.15) is 24.2 Å². The van der Waals surface area contributed by atoms with Crippen LogP contribution in [0.4, 0.5) is 0 Å². The molecule has 7 nitrogen and oxygen atoms in total. The van der Waals surface area contributed by atoms with Gasteiger partial charge in [-0.05, 0) is 50.4 Å². The van der Waals surface area contributed by atoms with Crippen LogP contribution in [0.15, 0.2) is 73.3 Å². The molecular weight excluding hydrogens is 390 g/mol. The highest BCUT2D eigenvalue weighted by Gasteiger charge is 2.21. The molecule has 2 aromatic heterocycles. The lowest BCUT2D eigenvalue weighted by Crippen LogP contribution is -2.22. The molecule has 2 aromatic carbocycles. The monoisotopic (exact) mass is 413 g/mol. The summed E-state index contributed by atoms with van der Waals surface area (Å²) in [6, 6.07) is 18.2. The van der Waals surface area contributed by atoms with E-state index in [1.165, 1.54) is 0 Å². The van der Waals surface area contributed by atoms with Crippen molar-refractivity contribution in [2.75, 3.05) is 13.8 Å². The molecule has 0 saturated carbocycles. The van der Waals surface area contributed by atoms with Crippen LogP contribution in [0.2, 0.25) is 0 Å². The number of benzene rings is 2. The molecule has 0 N–H and O–H groups in total.